The largest absolute Gasteiger partial charge is 0.493 e. The molecule has 28 heavy (non-hydrogen) atoms. The van der Waals surface area contributed by atoms with Crippen LogP contribution in [0.25, 0.3) is 0 Å². The van der Waals surface area contributed by atoms with Gasteiger partial charge in [0.05, 0.1) is 13.2 Å². The summed E-state index contributed by atoms with van der Waals surface area (Å²) < 4.78 is 11.5. The molecule has 0 N–H and O–H groups in total. The van der Waals surface area contributed by atoms with Crippen molar-refractivity contribution in [1.82, 2.24) is 4.90 Å². The first-order chi connectivity index (χ1) is 13.6. The molecular formula is C23H23NO4. The number of Topliss-reactive ketones (excluding diaryl/α,β-unsaturated/α-hetero) is 1. The van der Waals surface area contributed by atoms with Crippen molar-refractivity contribution in [3.8, 4) is 11.5 Å². The van der Waals surface area contributed by atoms with Gasteiger partial charge in [-0.15, -0.1) is 0 Å². The number of ketones is 1. The van der Waals surface area contributed by atoms with Crippen LogP contribution in [0.2, 0.25) is 0 Å². The lowest BCUT2D eigenvalue weighted by molar-refractivity contribution is -0.121. The van der Waals surface area contributed by atoms with E-state index in [0.717, 1.165) is 30.4 Å². The van der Waals surface area contributed by atoms with Crippen LogP contribution in [-0.4, -0.2) is 36.3 Å². The summed E-state index contributed by atoms with van der Waals surface area (Å²) in [6.07, 6.45) is 3.34. The normalized spacial score (nSPS) is 21.9. The van der Waals surface area contributed by atoms with Gasteiger partial charge in [-0.05, 0) is 47.9 Å². The Morgan fingerprint density at radius 3 is 2.61 bits per heavy atom. The standard InChI is InChI=1S/C23H23NO4/c1-27-20-11-17-16(10-21(20)28-13-15-5-3-2-4-6-15)9-19(25)18-12-23(7-8-23)14-24(18)22(17)26/h2-6,10-11,18H,7-9,12-14H2,1H3/t18-/m0/s1. The van der Waals surface area contributed by atoms with Crippen molar-refractivity contribution < 1.29 is 19.1 Å². The van der Waals surface area contributed by atoms with Crippen LogP contribution in [0.1, 0.15) is 40.7 Å². The zero-order chi connectivity index (χ0) is 19.3. The number of carbonyl (C=O) groups is 2. The fourth-order valence-corrected chi connectivity index (χ4v) is 4.51. The minimum atomic E-state index is -0.276. The maximum Gasteiger partial charge on any atom is 0.254 e. The maximum absolute atomic E-state index is 13.2. The van der Waals surface area contributed by atoms with Crippen molar-refractivity contribution in [2.45, 2.75) is 38.3 Å². The van der Waals surface area contributed by atoms with Gasteiger partial charge in [0.1, 0.15) is 6.61 Å². The molecule has 1 spiro atoms. The Morgan fingerprint density at radius 2 is 1.89 bits per heavy atom. The minimum Gasteiger partial charge on any atom is -0.493 e. The van der Waals surface area contributed by atoms with E-state index >= 15 is 0 Å². The molecule has 0 unspecified atom stereocenters. The number of rotatable bonds is 4. The lowest BCUT2D eigenvalue weighted by Gasteiger charge is -2.21. The van der Waals surface area contributed by atoms with E-state index < -0.39 is 0 Å². The molecule has 2 fully saturated rings. The highest BCUT2D eigenvalue weighted by Gasteiger charge is 2.55. The van der Waals surface area contributed by atoms with Crippen LogP contribution in [0.4, 0.5) is 0 Å². The predicted molar refractivity (Wildman–Crippen MR) is 104 cm³/mol. The van der Waals surface area contributed by atoms with Crippen LogP contribution in [0.15, 0.2) is 42.5 Å². The second kappa shape index (κ2) is 6.36. The fraction of sp³-hybridized carbons (Fsp3) is 0.391. The average Bonchev–Trinajstić information content (AvgIpc) is 3.37. The van der Waals surface area contributed by atoms with Gasteiger partial charge in [0.25, 0.3) is 5.91 Å². The predicted octanol–water partition coefficient (Wildman–Crippen LogP) is 3.39. The lowest BCUT2D eigenvalue weighted by Crippen LogP contribution is -2.38. The number of fused-ring (bicyclic) bond motifs is 2. The highest BCUT2D eigenvalue weighted by molar-refractivity contribution is 6.04. The molecule has 1 amide bonds. The van der Waals surface area contributed by atoms with Crippen LogP contribution in [0.5, 0.6) is 11.5 Å². The van der Waals surface area contributed by atoms with Crippen LogP contribution < -0.4 is 9.47 Å². The van der Waals surface area contributed by atoms with Crippen LogP contribution in [0, 0.1) is 5.41 Å². The molecule has 5 nitrogen and oxygen atoms in total. The van der Waals surface area contributed by atoms with Gasteiger partial charge in [0.15, 0.2) is 17.3 Å². The second-order valence-corrected chi connectivity index (χ2v) is 8.23. The van der Waals surface area contributed by atoms with Gasteiger partial charge >= 0.3 is 0 Å². The number of methoxy groups -OCH3 is 1. The number of hydrogen-bond donors (Lipinski definition) is 0. The van der Waals surface area contributed by atoms with E-state index in [1.54, 1.807) is 18.1 Å². The summed E-state index contributed by atoms with van der Waals surface area (Å²) in [4.78, 5) is 27.9. The van der Waals surface area contributed by atoms with Gasteiger partial charge in [-0.3, -0.25) is 9.59 Å². The third-order valence-corrected chi connectivity index (χ3v) is 6.32. The molecule has 0 bridgehead atoms. The molecule has 5 rings (SSSR count). The molecule has 2 heterocycles. The van der Waals surface area contributed by atoms with E-state index in [-0.39, 0.29) is 29.6 Å². The third kappa shape index (κ3) is 2.86. The first-order valence-electron chi connectivity index (χ1n) is 9.80. The molecule has 1 atom stereocenters. The van der Waals surface area contributed by atoms with Crippen molar-refractivity contribution in [3.63, 3.8) is 0 Å². The van der Waals surface area contributed by atoms with Crippen molar-refractivity contribution in [3.05, 3.63) is 59.2 Å². The number of benzene rings is 2. The van der Waals surface area contributed by atoms with E-state index in [0.29, 0.717) is 30.2 Å². The Bertz CT molecular complexity index is 949. The number of nitrogens with zero attached hydrogens (tertiary/aromatic N) is 1. The summed E-state index contributed by atoms with van der Waals surface area (Å²) in [5.41, 5.74) is 2.55. The first kappa shape index (κ1) is 17.3. The fourth-order valence-electron chi connectivity index (χ4n) is 4.51. The Labute approximate surface area is 164 Å². The van der Waals surface area contributed by atoms with Crippen molar-refractivity contribution in [1.29, 1.82) is 0 Å². The van der Waals surface area contributed by atoms with Gasteiger partial charge in [-0.2, -0.15) is 0 Å². The Hall–Kier alpha value is -2.82. The van der Waals surface area contributed by atoms with Gasteiger partial charge in [0, 0.05) is 18.5 Å². The first-order valence-corrected chi connectivity index (χ1v) is 9.80. The molecule has 2 aliphatic heterocycles. The lowest BCUT2D eigenvalue weighted by atomic mass is 9.96. The van der Waals surface area contributed by atoms with Crippen molar-refractivity contribution >= 4 is 11.7 Å². The van der Waals surface area contributed by atoms with Gasteiger partial charge in [0.2, 0.25) is 0 Å². The van der Waals surface area contributed by atoms with Crippen LogP contribution in [0.3, 0.4) is 0 Å². The molecule has 1 saturated heterocycles. The van der Waals surface area contributed by atoms with E-state index in [1.165, 1.54) is 0 Å². The maximum atomic E-state index is 13.2. The average molecular weight is 377 g/mol. The van der Waals surface area contributed by atoms with E-state index in [1.807, 2.05) is 36.4 Å². The van der Waals surface area contributed by atoms with Gasteiger partial charge in [-0.25, -0.2) is 0 Å². The zero-order valence-corrected chi connectivity index (χ0v) is 15.9. The van der Waals surface area contributed by atoms with Crippen molar-refractivity contribution in [2.75, 3.05) is 13.7 Å². The Kier molecular flexibility index (Phi) is 3.93. The Morgan fingerprint density at radius 1 is 1.11 bits per heavy atom. The second-order valence-electron chi connectivity index (χ2n) is 8.23. The zero-order valence-electron chi connectivity index (χ0n) is 15.9. The Balaban J connectivity index is 1.47. The molecule has 5 heteroatoms. The minimum absolute atomic E-state index is 0.0532. The monoisotopic (exact) mass is 377 g/mol. The highest BCUT2D eigenvalue weighted by atomic mass is 16.5. The molecule has 3 aliphatic rings. The quantitative estimate of drug-likeness (QED) is 0.820. The summed E-state index contributed by atoms with van der Waals surface area (Å²) >= 11 is 0. The molecular weight excluding hydrogens is 354 g/mol. The van der Waals surface area contributed by atoms with Crippen LogP contribution in [-0.2, 0) is 17.8 Å². The molecule has 2 aromatic rings. The third-order valence-electron chi connectivity index (χ3n) is 6.32. The van der Waals surface area contributed by atoms with E-state index in [2.05, 4.69) is 0 Å². The number of ether oxygens (including phenoxy) is 2. The molecule has 0 aromatic heterocycles. The molecule has 0 radical (unpaired) electrons. The summed E-state index contributed by atoms with van der Waals surface area (Å²) in [5.74, 6) is 1.17. The molecule has 1 saturated carbocycles. The summed E-state index contributed by atoms with van der Waals surface area (Å²) in [6.45, 7) is 1.10. The number of carbonyl (C=O) groups excluding carboxylic acids is 2. The van der Waals surface area contributed by atoms with E-state index in [4.69, 9.17) is 9.47 Å². The highest BCUT2D eigenvalue weighted by Crippen LogP contribution is 2.55. The summed E-state index contributed by atoms with van der Waals surface area (Å²) in [5, 5.41) is 0. The number of hydrogen-bond acceptors (Lipinski definition) is 4. The van der Waals surface area contributed by atoms with Crippen LogP contribution >= 0.6 is 0 Å². The summed E-state index contributed by atoms with van der Waals surface area (Å²) in [7, 11) is 1.57. The molecule has 1 aliphatic carbocycles. The van der Waals surface area contributed by atoms with Crippen molar-refractivity contribution in [2.24, 2.45) is 5.41 Å². The topological polar surface area (TPSA) is 55.8 Å². The SMILES string of the molecule is COc1cc2c(cc1OCc1ccccc1)CC(=O)[C@@H]1CC3(CC3)CN1C2=O. The van der Waals surface area contributed by atoms with E-state index in [9.17, 15) is 9.59 Å². The summed E-state index contributed by atoms with van der Waals surface area (Å²) in [6, 6.07) is 13.1. The molecule has 2 aromatic carbocycles. The number of amides is 1. The molecule has 144 valence electrons. The van der Waals surface area contributed by atoms with Gasteiger partial charge in [-0.1, -0.05) is 30.3 Å². The van der Waals surface area contributed by atoms with Gasteiger partial charge < -0.3 is 14.4 Å². The smallest absolute Gasteiger partial charge is 0.254 e.